The van der Waals surface area contributed by atoms with Crippen molar-refractivity contribution >= 4 is 0 Å². The Hall–Kier alpha value is -0.260. The second-order valence-electron chi connectivity index (χ2n) is 3.16. The van der Waals surface area contributed by atoms with Crippen LogP contribution >= 0.6 is 0 Å². The van der Waals surface area contributed by atoms with Crippen LogP contribution in [0.2, 0.25) is 0 Å². The molecule has 1 aliphatic carbocycles. The van der Waals surface area contributed by atoms with E-state index in [0.29, 0.717) is 5.41 Å². The van der Waals surface area contributed by atoms with Crippen molar-refractivity contribution in [2.75, 3.05) is 0 Å². The molecule has 0 heteroatoms. The van der Waals surface area contributed by atoms with Crippen LogP contribution in [0, 0.1) is 5.41 Å². The fraction of sp³-hybridized carbons (Fsp3) is 0.778. The number of hydrogen-bond acceptors (Lipinski definition) is 0. The second kappa shape index (κ2) is 2.17. The molecule has 0 nitrogen and oxygen atoms in total. The largest absolute Gasteiger partial charge is 0.0993 e. The minimum absolute atomic E-state index is 0.606. The summed E-state index contributed by atoms with van der Waals surface area (Å²) >= 11 is 0. The zero-order valence-corrected chi connectivity index (χ0v) is 6.54. The van der Waals surface area contributed by atoms with E-state index in [-0.39, 0.29) is 0 Å². The Labute approximate surface area is 58.0 Å². The summed E-state index contributed by atoms with van der Waals surface area (Å²) in [5, 5.41) is 0. The van der Waals surface area contributed by atoms with Crippen molar-refractivity contribution in [1.29, 1.82) is 0 Å². The van der Waals surface area contributed by atoms with Crippen LogP contribution in [-0.2, 0) is 0 Å². The molecular formula is C9H16. The smallest absolute Gasteiger partial charge is 0.00559 e. The van der Waals surface area contributed by atoms with Crippen molar-refractivity contribution in [3.8, 4) is 0 Å². The molecule has 1 saturated carbocycles. The van der Waals surface area contributed by atoms with E-state index in [1.165, 1.54) is 31.3 Å². The summed E-state index contributed by atoms with van der Waals surface area (Å²) in [5.41, 5.74) is 2.10. The van der Waals surface area contributed by atoms with Gasteiger partial charge >= 0.3 is 0 Å². The Kier molecular flexibility index (Phi) is 1.65. The van der Waals surface area contributed by atoms with E-state index in [2.05, 4.69) is 20.4 Å². The third kappa shape index (κ3) is 1.03. The minimum atomic E-state index is 0.606. The van der Waals surface area contributed by atoms with E-state index in [0.717, 1.165) is 0 Å². The number of hydrogen-bond donors (Lipinski definition) is 0. The molecule has 9 heavy (non-hydrogen) atoms. The first-order chi connectivity index (χ1) is 4.25. The van der Waals surface area contributed by atoms with E-state index < -0.39 is 0 Å². The third-order valence-electron chi connectivity index (χ3n) is 2.58. The van der Waals surface area contributed by atoms with E-state index in [1.54, 1.807) is 0 Å². The Morgan fingerprint density at radius 2 is 2.11 bits per heavy atom. The van der Waals surface area contributed by atoms with Crippen molar-refractivity contribution in [2.24, 2.45) is 5.41 Å². The average molecular weight is 124 g/mol. The topological polar surface area (TPSA) is 0 Å². The fourth-order valence-corrected chi connectivity index (χ4v) is 1.66. The lowest BCUT2D eigenvalue weighted by Crippen LogP contribution is -1.96. The van der Waals surface area contributed by atoms with Crippen LogP contribution in [0.25, 0.3) is 0 Å². The van der Waals surface area contributed by atoms with Gasteiger partial charge in [-0.15, -0.1) is 0 Å². The van der Waals surface area contributed by atoms with Crippen molar-refractivity contribution in [3.05, 3.63) is 12.2 Å². The molecule has 0 N–H and O–H groups in total. The summed E-state index contributed by atoms with van der Waals surface area (Å²) in [6, 6.07) is 0. The van der Waals surface area contributed by atoms with Gasteiger partial charge in [0.15, 0.2) is 0 Å². The van der Waals surface area contributed by atoms with E-state index >= 15 is 0 Å². The maximum absolute atomic E-state index is 4.01. The Morgan fingerprint density at radius 3 is 2.22 bits per heavy atom. The summed E-state index contributed by atoms with van der Waals surface area (Å²) < 4.78 is 0. The average Bonchev–Trinajstić information content (AvgIpc) is 2.45. The zero-order chi connectivity index (χ0) is 6.91. The van der Waals surface area contributed by atoms with Crippen LogP contribution in [0.4, 0.5) is 0 Å². The standard InChI is InChI=1S/C9H16/c1-4-6-9(5-2)7-8(9)3/h3-7H2,1-2H3. The lowest BCUT2D eigenvalue weighted by atomic mass is 9.97. The van der Waals surface area contributed by atoms with Crippen LogP contribution in [0.5, 0.6) is 0 Å². The van der Waals surface area contributed by atoms with Crippen LogP contribution in [0.1, 0.15) is 39.5 Å². The molecule has 0 aromatic heterocycles. The van der Waals surface area contributed by atoms with Crippen LogP contribution in [0.3, 0.4) is 0 Å². The second-order valence-corrected chi connectivity index (χ2v) is 3.16. The first kappa shape index (κ1) is 6.85. The molecule has 0 aromatic carbocycles. The Balaban J connectivity index is 2.42. The van der Waals surface area contributed by atoms with E-state index in [4.69, 9.17) is 0 Å². The van der Waals surface area contributed by atoms with E-state index in [1.807, 2.05) is 0 Å². The summed E-state index contributed by atoms with van der Waals surface area (Å²) in [6.45, 7) is 8.53. The molecular weight excluding hydrogens is 108 g/mol. The maximum Gasteiger partial charge on any atom is -0.00559 e. The van der Waals surface area contributed by atoms with Gasteiger partial charge in [-0.1, -0.05) is 32.4 Å². The van der Waals surface area contributed by atoms with Gasteiger partial charge in [-0.3, -0.25) is 0 Å². The fourth-order valence-electron chi connectivity index (χ4n) is 1.66. The molecule has 1 atom stereocenters. The normalized spacial score (nSPS) is 32.9. The summed E-state index contributed by atoms with van der Waals surface area (Å²) in [4.78, 5) is 0. The first-order valence-electron chi connectivity index (χ1n) is 3.93. The molecule has 0 radical (unpaired) electrons. The molecule has 52 valence electrons. The molecule has 1 rings (SSSR count). The van der Waals surface area contributed by atoms with Gasteiger partial charge in [-0.25, -0.2) is 0 Å². The molecule has 0 heterocycles. The molecule has 0 aliphatic heterocycles. The van der Waals surface area contributed by atoms with Crippen LogP contribution in [0.15, 0.2) is 12.2 Å². The van der Waals surface area contributed by atoms with Gasteiger partial charge in [0, 0.05) is 0 Å². The van der Waals surface area contributed by atoms with Gasteiger partial charge in [0.25, 0.3) is 0 Å². The summed E-state index contributed by atoms with van der Waals surface area (Å²) in [6.07, 6.45) is 5.28. The molecule has 0 spiro atoms. The van der Waals surface area contributed by atoms with Crippen molar-refractivity contribution in [3.63, 3.8) is 0 Å². The maximum atomic E-state index is 4.01. The van der Waals surface area contributed by atoms with Gasteiger partial charge < -0.3 is 0 Å². The van der Waals surface area contributed by atoms with Gasteiger partial charge in [0.2, 0.25) is 0 Å². The lowest BCUT2D eigenvalue weighted by Gasteiger charge is -2.08. The predicted octanol–water partition coefficient (Wildman–Crippen LogP) is 3.14. The molecule has 0 amide bonds. The molecule has 0 aromatic rings. The van der Waals surface area contributed by atoms with Crippen LogP contribution in [-0.4, -0.2) is 0 Å². The highest BCUT2D eigenvalue weighted by molar-refractivity contribution is 5.28. The van der Waals surface area contributed by atoms with Crippen LogP contribution < -0.4 is 0 Å². The monoisotopic (exact) mass is 124 g/mol. The highest BCUT2D eigenvalue weighted by Gasteiger charge is 2.43. The quantitative estimate of drug-likeness (QED) is 0.507. The Morgan fingerprint density at radius 1 is 1.56 bits per heavy atom. The molecule has 0 saturated heterocycles. The van der Waals surface area contributed by atoms with Gasteiger partial charge in [0.05, 0.1) is 0 Å². The van der Waals surface area contributed by atoms with Crippen molar-refractivity contribution in [1.82, 2.24) is 0 Å². The molecule has 1 fully saturated rings. The zero-order valence-electron chi connectivity index (χ0n) is 6.54. The number of allylic oxidation sites excluding steroid dienone is 1. The van der Waals surface area contributed by atoms with Gasteiger partial charge in [-0.05, 0) is 24.7 Å². The predicted molar refractivity (Wildman–Crippen MR) is 41.4 cm³/mol. The SMILES string of the molecule is C=C1CC1(CC)CCC. The Bertz CT molecular complexity index is 124. The third-order valence-corrected chi connectivity index (χ3v) is 2.58. The molecule has 1 unspecified atom stereocenters. The highest BCUT2D eigenvalue weighted by Crippen LogP contribution is 2.56. The lowest BCUT2D eigenvalue weighted by molar-refractivity contribution is 0.468. The number of rotatable bonds is 3. The van der Waals surface area contributed by atoms with Crippen molar-refractivity contribution in [2.45, 2.75) is 39.5 Å². The van der Waals surface area contributed by atoms with E-state index in [9.17, 15) is 0 Å². The highest BCUT2D eigenvalue weighted by atomic mass is 14.5. The minimum Gasteiger partial charge on any atom is -0.0993 e. The first-order valence-corrected chi connectivity index (χ1v) is 3.93. The molecule has 1 aliphatic rings. The summed E-state index contributed by atoms with van der Waals surface area (Å²) in [5.74, 6) is 0. The summed E-state index contributed by atoms with van der Waals surface area (Å²) in [7, 11) is 0. The van der Waals surface area contributed by atoms with Gasteiger partial charge in [-0.2, -0.15) is 0 Å². The van der Waals surface area contributed by atoms with Crippen molar-refractivity contribution < 1.29 is 0 Å². The van der Waals surface area contributed by atoms with Gasteiger partial charge in [0.1, 0.15) is 0 Å². The molecule has 0 bridgehead atoms.